The van der Waals surface area contributed by atoms with Crippen LogP contribution in [0.3, 0.4) is 0 Å². The van der Waals surface area contributed by atoms with Crippen molar-refractivity contribution in [1.82, 2.24) is 15.2 Å². The maximum Gasteiger partial charge on any atom is 0.236 e. The first-order chi connectivity index (χ1) is 7.86. The molecule has 1 fully saturated rings. The van der Waals surface area contributed by atoms with Crippen molar-refractivity contribution in [3.05, 3.63) is 30.1 Å². The molecule has 4 heteroatoms. The number of rotatable bonds is 4. The molecule has 16 heavy (non-hydrogen) atoms. The van der Waals surface area contributed by atoms with Gasteiger partial charge in [0.1, 0.15) is 0 Å². The predicted molar refractivity (Wildman–Crippen MR) is 61.8 cm³/mol. The van der Waals surface area contributed by atoms with Crippen LogP contribution in [0.5, 0.6) is 0 Å². The van der Waals surface area contributed by atoms with Gasteiger partial charge in [-0.1, -0.05) is 0 Å². The third-order valence-electron chi connectivity index (χ3n) is 2.81. The number of aromatic nitrogens is 1. The largest absolute Gasteiger partial charge is 0.342 e. The van der Waals surface area contributed by atoms with Gasteiger partial charge in [0.25, 0.3) is 0 Å². The summed E-state index contributed by atoms with van der Waals surface area (Å²) >= 11 is 0. The van der Waals surface area contributed by atoms with Crippen LogP contribution in [0.15, 0.2) is 24.5 Å². The molecule has 0 aromatic carbocycles. The molecule has 0 atom stereocenters. The van der Waals surface area contributed by atoms with Gasteiger partial charge in [-0.2, -0.15) is 0 Å². The topological polar surface area (TPSA) is 45.2 Å². The van der Waals surface area contributed by atoms with Gasteiger partial charge in [0.15, 0.2) is 0 Å². The van der Waals surface area contributed by atoms with Crippen LogP contribution in [0.25, 0.3) is 0 Å². The van der Waals surface area contributed by atoms with E-state index in [1.165, 1.54) is 0 Å². The first-order valence-corrected chi connectivity index (χ1v) is 5.73. The minimum absolute atomic E-state index is 0.214. The van der Waals surface area contributed by atoms with E-state index in [0.717, 1.165) is 38.0 Å². The van der Waals surface area contributed by atoms with Gasteiger partial charge in [-0.25, -0.2) is 0 Å². The summed E-state index contributed by atoms with van der Waals surface area (Å²) in [7, 11) is 0. The maximum absolute atomic E-state index is 11.7. The quantitative estimate of drug-likeness (QED) is 0.814. The maximum atomic E-state index is 11.7. The van der Waals surface area contributed by atoms with E-state index in [2.05, 4.69) is 10.3 Å². The van der Waals surface area contributed by atoms with Gasteiger partial charge < -0.3 is 10.2 Å². The Kier molecular flexibility index (Phi) is 3.88. The Bertz CT molecular complexity index is 333. The highest BCUT2D eigenvalue weighted by atomic mass is 16.2. The lowest BCUT2D eigenvalue weighted by molar-refractivity contribution is -0.129. The summed E-state index contributed by atoms with van der Waals surface area (Å²) in [5, 5.41) is 3.16. The standard InChI is InChI=1S/C12H17N3O/c16-12(15-7-1-2-8-15)10-14-9-11-3-5-13-6-4-11/h3-6,14H,1-2,7-10H2. The Morgan fingerprint density at radius 3 is 2.69 bits per heavy atom. The Balaban J connectivity index is 1.70. The van der Waals surface area contributed by atoms with Gasteiger partial charge in [-0.3, -0.25) is 9.78 Å². The van der Waals surface area contributed by atoms with E-state index in [1.807, 2.05) is 17.0 Å². The molecular formula is C12H17N3O. The zero-order chi connectivity index (χ0) is 11.2. The molecular weight excluding hydrogens is 202 g/mol. The molecule has 2 rings (SSSR count). The highest BCUT2D eigenvalue weighted by molar-refractivity contribution is 5.78. The SMILES string of the molecule is O=C(CNCc1ccncc1)N1CCCC1. The van der Waals surface area contributed by atoms with Crippen LogP contribution in [-0.4, -0.2) is 35.4 Å². The molecule has 1 aromatic rings. The smallest absolute Gasteiger partial charge is 0.236 e. The van der Waals surface area contributed by atoms with Crippen molar-refractivity contribution >= 4 is 5.91 Å². The Morgan fingerprint density at radius 1 is 1.31 bits per heavy atom. The van der Waals surface area contributed by atoms with Crippen molar-refractivity contribution in [2.45, 2.75) is 19.4 Å². The summed E-state index contributed by atoms with van der Waals surface area (Å²) in [6, 6.07) is 3.90. The highest BCUT2D eigenvalue weighted by Gasteiger charge is 2.16. The monoisotopic (exact) mass is 219 g/mol. The molecule has 1 saturated heterocycles. The van der Waals surface area contributed by atoms with Gasteiger partial charge in [-0.15, -0.1) is 0 Å². The summed E-state index contributed by atoms with van der Waals surface area (Å²) in [6.07, 6.45) is 5.82. The highest BCUT2D eigenvalue weighted by Crippen LogP contribution is 2.06. The first kappa shape index (κ1) is 11.1. The second-order valence-electron chi connectivity index (χ2n) is 4.05. The Morgan fingerprint density at radius 2 is 2.00 bits per heavy atom. The number of nitrogens with one attached hydrogen (secondary N) is 1. The number of hydrogen-bond donors (Lipinski definition) is 1. The van der Waals surface area contributed by atoms with Crippen molar-refractivity contribution in [3.8, 4) is 0 Å². The number of nitrogens with zero attached hydrogens (tertiary/aromatic N) is 2. The summed E-state index contributed by atoms with van der Waals surface area (Å²) in [5.41, 5.74) is 1.16. The fraction of sp³-hybridized carbons (Fsp3) is 0.500. The molecule has 1 aliphatic heterocycles. The van der Waals surface area contributed by atoms with Gasteiger partial charge in [0.05, 0.1) is 6.54 Å². The summed E-state index contributed by atoms with van der Waals surface area (Å²) in [6.45, 7) is 3.01. The zero-order valence-corrected chi connectivity index (χ0v) is 9.35. The number of carbonyl (C=O) groups is 1. The lowest BCUT2D eigenvalue weighted by Crippen LogP contribution is -2.35. The van der Waals surface area contributed by atoms with E-state index in [0.29, 0.717) is 6.54 Å². The number of carbonyl (C=O) groups excluding carboxylic acids is 1. The summed E-state index contributed by atoms with van der Waals surface area (Å²) in [5.74, 6) is 0.214. The number of likely N-dealkylation sites (tertiary alicyclic amines) is 1. The van der Waals surface area contributed by atoms with Gasteiger partial charge >= 0.3 is 0 Å². The lowest BCUT2D eigenvalue weighted by atomic mass is 10.3. The van der Waals surface area contributed by atoms with E-state index in [1.54, 1.807) is 12.4 Å². The van der Waals surface area contributed by atoms with Crippen LogP contribution >= 0.6 is 0 Å². The van der Waals surface area contributed by atoms with E-state index < -0.39 is 0 Å². The second-order valence-corrected chi connectivity index (χ2v) is 4.05. The van der Waals surface area contributed by atoms with Crippen LogP contribution in [0, 0.1) is 0 Å². The van der Waals surface area contributed by atoms with Crippen LogP contribution < -0.4 is 5.32 Å². The molecule has 0 aliphatic carbocycles. The normalized spacial score (nSPS) is 15.4. The van der Waals surface area contributed by atoms with Gasteiger partial charge in [-0.05, 0) is 30.5 Å². The van der Waals surface area contributed by atoms with E-state index in [-0.39, 0.29) is 5.91 Å². The molecule has 0 bridgehead atoms. The Hall–Kier alpha value is -1.42. The molecule has 1 N–H and O–H groups in total. The van der Waals surface area contributed by atoms with Crippen molar-refractivity contribution in [2.24, 2.45) is 0 Å². The van der Waals surface area contributed by atoms with Crippen molar-refractivity contribution in [2.75, 3.05) is 19.6 Å². The molecule has 1 aliphatic rings. The van der Waals surface area contributed by atoms with Crippen molar-refractivity contribution < 1.29 is 4.79 Å². The van der Waals surface area contributed by atoms with Crippen LogP contribution in [-0.2, 0) is 11.3 Å². The molecule has 1 amide bonds. The molecule has 86 valence electrons. The minimum Gasteiger partial charge on any atom is -0.342 e. The van der Waals surface area contributed by atoms with E-state index in [9.17, 15) is 4.79 Å². The predicted octanol–water partition coefficient (Wildman–Crippen LogP) is 0.794. The average Bonchev–Trinajstić information content (AvgIpc) is 2.84. The molecule has 0 saturated carbocycles. The third kappa shape index (κ3) is 3.03. The minimum atomic E-state index is 0.214. The van der Waals surface area contributed by atoms with Crippen molar-refractivity contribution in [1.29, 1.82) is 0 Å². The second kappa shape index (κ2) is 5.61. The Labute approximate surface area is 95.7 Å². The molecule has 1 aromatic heterocycles. The van der Waals surface area contributed by atoms with Crippen LogP contribution in [0.2, 0.25) is 0 Å². The lowest BCUT2D eigenvalue weighted by Gasteiger charge is -2.15. The number of amides is 1. The van der Waals surface area contributed by atoms with Gasteiger partial charge in [0.2, 0.25) is 5.91 Å². The average molecular weight is 219 g/mol. The number of pyridine rings is 1. The van der Waals surface area contributed by atoms with Crippen molar-refractivity contribution in [3.63, 3.8) is 0 Å². The molecule has 0 spiro atoms. The number of hydrogen-bond acceptors (Lipinski definition) is 3. The van der Waals surface area contributed by atoms with Crippen LogP contribution in [0.4, 0.5) is 0 Å². The molecule has 2 heterocycles. The zero-order valence-electron chi connectivity index (χ0n) is 9.35. The fourth-order valence-corrected chi connectivity index (χ4v) is 1.89. The summed E-state index contributed by atoms with van der Waals surface area (Å²) < 4.78 is 0. The molecule has 4 nitrogen and oxygen atoms in total. The summed E-state index contributed by atoms with van der Waals surface area (Å²) in [4.78, 5) is 17.6. The van der Waals surface area contributed by atoms with Gasteiger partial charge in [0, 0.05) is 32.0 Å². The molecule has 0 unspecified atom stereocenters. The van der Waals surface area contributed by atoms with E-state index in [4.69, 9.17) is 0 Å². The van der Waals surface area contributed by atoms with E-state index >= 15 is 0 Å². The first-order valence-electron chi connectivity index (χ1n) is 5.73. The third-order valence-corrected chi connectivity index (χ3v) is 2.81. The van der Waals surface area contributed by atoms with Crippen LogP contribution in [0.1, 0.15) is 18.4 Å². The molecule has 0 radical (unpaired) electrons. The fourth-order valence-electron chi connectivity index (χ4n) is 1.89.